The van der Waals surface area contributed by atoms with E-state index in [9.17, 15) is 9.90 Å². The summed E-state index contributed by atoms with van der Waals surface area (Å²) in [6.45, 7) is 7.57. The van der Waals surface area contributed by atoms with Crippen molar-refractivity contribution in [3.8, 4) is 0 Å². The van der Waals surface area contributed by atoms with Crippen LogP contribution in [0.1, 0.15) is 33.6 Å². The summed E-state index contributed by atoms with van der Waals surface area (Å²) in [6.07, 6.45) is 1.24. The van der Waals surface area contributed by atoms with Crippen molar-refractivity contribution in [3.05, 3.63) is 0 Å². The van der Waals surface area contributed by atoms with Crippen LogP contribution in [0.5, 0.6) is 0 Å². The number of rotatable bonds is 1. The molecule has 17 heavy (non-hydrogen) atoms. The van der Waals surface area contributed by atoms with Gasteiger partial charge in [0.1, 0.15) is 5.60 Å². The van der Waals surface area contributed by atoms with Crippen molar-refractivity contribution in [1.29, 1.82) is 0 Å². The molecule has 2 N–H and O–H groups in total. The molecule has 0 radical (unpaired) electrons. The van der Waals surface area contributed by atoms with E-state index in [1.165, 1.54) is 0 Å². The first-order valence-corrected chi connectivity index (χ1v) is 6.25. The summed E-state index contributed by atoms with van der Waals surface area (Å²) in [4.78, 5) is 13.7. The van der Waals surface area contributed by atoms with Crippen LogP contribution in [0.25, 0.3) is 0 Å². The first kappa shape index (κ1) is 12.6. The Morgan fingerprint density at radius 3 is 2.65 bits per heavy atom. The van der Waals surface area contributed by atoms with Crippen molar-refractivity contribution >= 4 is 6.09 Å². The predicted octanol–water partition coefficient (Wildman–Crippen LogP) is 0.720. The highest BCUT2D eigenvalue weighted by Crippen LogP contribution is 2.41. The lowest BCUT2D eigenvalue weighted by molar-refractivity contribution is -0.0198. The van der Waals surface area contributed by atoms with Crippen LogP contribution in [-0.2, 0) is 4.74 Å². The van der Waals surface area contributed by atoms with E-state index in [2.05, 4.69) is 5.32 Å². The maximum absolute atomic E-state index is 12.1. The molecular formula is C12H22N2O3. The Labute approximate surface area is 102 Å². The number of amides is 1. The number of hydrogen-bond acceptors (Lipinski definition) is 4. The smallest absolute Gasteiger partial charge is 0.410 e. The fourth-order valence-corrected chi connectivity index (χ4v) is 2.18. The van der Waals surface area contributed by atoms with Crippen LogP contribution in [0.3, 0.4) is 0 Å². The molecule has 1 saturated heterocycles. The van der Waals surface area contributed by atoms with Crippen LogP contribution < -0.4 is 5.32 Å². The molecule has 1 aliphatic carbocycles. The predicted molar refractivity (Wildman–Crippen MR) is 63.8 cm³/mol. The molecule has 0 aromatic heterocycles. The Morgan fingerprint density at radius 2 is 2.12 bits per heavy atom. The maximum atomic E-state index is 12.1. The van der Waals surface area contributed by atoms with Gasteiger partial charge in [0, 0.05) is 19.6 Å². The van der Waals surface area contributed by atoms with Crippen molar-refractivity contribution in [3.63, 3.8) is 0 Å². The Kier molecular flexibility index (Phi) is 3.08. The van der Waals surface area contributed by atoms with Gasteiger partial charge in [-0.3, -0.25) is 4.90 Å². The average molecular weight is 242 g/mol. The molecule has 1 heterocycles. The van der Waals surface area contributed by atoms with Gasteiger partial charge < -0.3 is 15.2 Å². The highest BCUT2D eigenvalue weighted by molar-refractivity contribution is 5.69. The fourth-order valence-electron chi connectivity index (χ4n) is 2.18. The molecular weight excluding hydrogens is 220 g/mol. The number of carbonyl (C=O) groups excluding carboxylic acids is 1. The standard InChI is InChI=1S/C12H22N2O3/c1-11(2,3)17-10(15)14-7-6-13-8-9(14)12(16)4-5-12/h9,13,16H,4-8H2,1-3H3. The summed E-state index contributed by atoms with van der Waals surface area (Å²) in [5.41, 5.74) is -1.18. The summed E-state index contributed by atoms with van der Waals surface area (Å²) in [5.74, 6) is 0. The quantitative estimate of drug-likeness (QED) is 0.711. The molecule has 0 bridgehead atoms. The van der Waals surface area contributed by atoms with Gasteiger partial charge in [0.15, 0.2) is 0 Å². The van der Waals surface area contributed by atoms with Crippen molar-refractivity contribution in [2.75, 3.05) is 19.6 Å². The summed E-state index contributed by atoms with van der Waals surface area (Å²) < 4.78 is 5.38. The fraction of sp³-hybridized carbons (Fsp3) is 0.917. The molecule has 1 unspecified atom stereocenters. The van der Waals surface area contributed by atoms with Gasteiger partial charge in [-0.1, -0.05) is 0 Å². The van der Waals surface area contributed by atoms with E-state index in [0.717, 1.165) is 19.4 Å². The second kappa shape index (κ2) is 4.14. The molecule has 1 amide bonds. The van der Waals surface area contributed by atoms with E-state index in [-0.39, 0.29) is 12.1 Å². The first-order chi connectivity index (χ1) is 7.82. The number of aliphatic hydroxyl groups is 1. The van der Waals surface area contributed by atoms with Gasteiger partial charge in [-0.2, -0.15) is 0 Å². The SMILES string of the molecule is CC(C)(C)OC(=O)N1CCNCC1C1(O)CC1. The maximum Gasteiger partial charge on any atom is 0.410 e. The van der Waals surface area contributed by atoms with Gasteiger partial charge in [-0.05, 0) is 33.6 Å². The van der Waals surface area contributed by atoms with Gasteiger partial charge in [0.2, 0.25) is 0 Å². The van der Waals surface area contributed by atoms with Crippen LogP contribution in [0, 0.1) is 0 Å². The number of carbonyl (C=O) groups is 1. The Balaban J connectivity index is 2.03. The van der Waals surface area contributed by atoms with Gasteiger partial charge in [-0.25, -0.2) is 4.79 Å². The zero-order valence-electron chi connectivity index (χ0n) is 10.8. The van der Waals surface area contributed by atoms with Crippen molar-refractivity contribution in [1.82, 2.24) is 10.2 Å². The van der Waals surface area contributed by atoms with Crippen molar-refractivity contribution < 1.29 is 14.6 Å². The van der Waals surface area contributed by atoms with Crippen molar-refractivity contribution in [2.45, 2.75) is 50.9 Å². The minimum Gasteiger partial charge on any atom is -0.444 e. The van der Waals surface area contributed by atoms with Gasteiger partial charge in [0.25, 0.3) is 0 Å². The Hall–Kier alpha value is -0.810. The van der Waals surface area contributed by atoms with Gasteiger partial charge in [0.05, 0.1) is 11.6 Å². The summed E-state index contributed by atoms with van der Waals surface area (Å²) in [7, 11) is 0. The summed E-state index contributed by atoms with van der Waals surface area (Å²) in [5, 5.41) is 13.4. The summed E-state index contributed by atoms with van der Waals surface area (Å²) in [6, 6.07) is -0.147. The van der Waals surface area contributed by atoms with Crippen LogP contribution in [-0.4, -0.2) is 53.0 Å². The van der Waals surface area contributed by atoms with Crippen LogP contribution in [0.2, 0.25) is 0 Å². The number of nitrogens with zero attached hydrogens (tertiary/aromatic N) is 1. The van der Waals surface area contributed by atoms with E-state index < -0.39 is 11.2 Å². The highest BCUT2D eigenvalue weighted by atomic mass is 16.6. The minimum absolute atomic E-state index is 0.147. The number of piperazine rings is 1. The highest BCUT2D eigenvalue weighted by Gasteiger charge is 2.52. The lowest BCUT2D eigenvalue weighted by Gasteiger charge is -2.39. The average Bonchev–Trinajstić information content (AvgIpc) is 2.95. The molecule has 2 aliphatic rings. The summed E-state index contributed by atoms with van der Waals surface area (Å²) >= 11 is 0. The molecule has 1 saturated carbocycles. The van der Waals surface area contributed by atoms with E-state index in [1.54, 1.807) is 4.90 Å². The topological polar surface area (TPSA) is 61.8 Å². The largest absolute Gasteiger partial charge is 0.444 e. The molecule has 0 aromatic rings. The lowest BCUT2D eigenvalue weighted by atomic mass is 10.1. The third-order valence-corrected chi connectivity index (χ3v) is 3.25. The van der Waals surface area contributed by atoms with E-state index in [1.807, 2.05) is 20.8 Å². The molecule has 5 nitrogen and oxygen atoms in total. The molecule has 2 fully saturated rings. The molecule has 2 rings (SSSR count). The third-order valence-electron chi connectivity index (χ3n) is 3.25. The molecule has 98 valence electrons. The normalized spacial score (nSPS) is 27.8. The molecule has 5 heteroatoms. The number of ether oxygens (including phenoxy) is 1. The van der Waals surface area contributed by atoms with Crippen LogP contribution in [0.15, 0.2) is 0 Å². The molecule has 0 aromatic carbocycles. The van der Waals surface area contributed by atoms with Crippen LogP contribution >= 0.6 is 0 Å². The Morgan fingerprint density at radius 1 is 1.47 bits per heavy atom. The van der Waals surface area contributed by atoms with E-state index in [4.69, 9.17) is 4.74 Å². The second-order valence-electron chi connectivity index (χ2n) is 6.00. The monoisotopic (exact) mass is 242 g/mol. The molecule has 1 aliphatic heterocycles. The molecule has 1 atom stereocenters. The lowest BCUT2D eigenvalue weighted by Crippen LogP contribution is -2.60. The van der Waals surface area contributed by atoms with E-state index >= 15 is 0 Å². The molecule has 0 spiro atoms. The number of hydrogen-bond donors (Lipinski definition) is 2. The van der Waals surface area contributed by atoms with Gasteiger partial charge in [-0.15, -0.1) is 0 Å². The first-order valence-electron chi connectivity index (χ1n) is 6.25. The zero-order valence-corrected chi connectivity index (χ0v) is 10.8. The minimum atomic E-state index is -0.690. The third kappa shape index (κ3) is 2.90. The second-order valence-corrected chi connectivity index (χ2v) is 6.00. The Bertz CT molecular complexity index is 307. The number of nitrogens with one attached hydrogen (secondary N) is 1. The van der Waals surface area contributed by atoms with Crippen LogP contribution in [0.4, 0.5) is 4.79 Å². The van der Waals surface area contributed by atoms with Crippen molar-refractivity contribution in [2.24, 2.45) is 0 Å². The zero-order chi connectivity index (χ0) is 12.7. The van der Waals surface area contributed by atoms with Gasteiger partial charge >= 0.3 is 6.09 Å². The van der Waals surface area contributed by atoms with E-state index in [0.29, 0.717) is 13.1 Å².